The second kappa shape index (κ2) is 4.19. The highest BCUT2D eigenvalue weighted by Crippen LogP contribution is 2.33. The maximum atomic E-state index is 5.98. The normalized spacial score (nSPS) is 12.2. The number of hydrogen-bond donors (Lipinski definition) is 0. The predicted molar refractivity (Wildman–Crippen MR) is 77.6 cm³/mol. The van der Waals surface area contributed by atoms with Crippen LogP contribution in [0.25, 0.3) is 27.5 Å². The minimum absolute atomic E-state index is 0.936. The molecule has 0 aliphatic heterocycles. The first kappa shape index (κ1) is 10.8. The van der Waals surface area contributed by atoms with Crippen molar-refractivity contribution in [3.8, 4) is 0 Å². The quantitative estimate of drug-likeness (QED) is 0.557. The number of furan rings is 1. The molecule has 3 rings (SSSR count). The van der Waals surface area contributed by atoms with Crippen molar-refractivity contribution in [3.63, 3.8) is 0 Å². The van der Waals surface area contributed by atoms with Crippen LogP contribution in [0.1, 0.15) is 12.5 Å². The Hall–Kier alpha value is -2.28. The minimum Gasteiger partial charge on any atom is -0.455 e. The van der Waals surface area contributed by atoms with E-state index >= 15 is 0 Å². The molecule has 18 heavy (non-hydrogen) atoms. The number of rotatable bonds is 2. The summed E-state index contributed by atoms with van der Waals surface area (Å²) in [5.74, 6) is 0. The fourth-order valence-corrected chi connectivity index (χ4v) is 2.32. The molecule has 0 saturated carbocycles. The molecule has 0 saturated heterocycles. The van der Waals surface area contributed by atoms with E-state index in [-0.39, 0.29) is 0 Å². The summed E-state index contributed by atoms with van der Waals surface area (Å²) in [4.78, 5) is 0. The molecule has 1 aromatic heterocycles. The van der Waals surface area contributed by atoms with E-state index in [1.807, 2.05) is 24.3 Å². The van der Waals surface area contributed by atoms with Crippen LogP contribution in [0.15, 0.2) is 65.6 Å². The third-order valence-corrected chi connectivity index (χ3v) is 3.20. The molecule has 0 radical (unpaired) electrons. The van der Waals surface area contributed by atoms with Crippen molar-refractivity contribution in [2.75, 3.05) is 0 Å². The zero-order chi connectivity index (χ0) is 12.5. The Morgan fingerprint density at radius 2 is 1.83 bits per heavy atom. The maximum Gasteiger partial charge on any atom is 0.142 e. The number of fused-ring (bicyclic) bond motifs is 3. The number of allylic oxidation sites excluding steroid dienone is 3. The molecule has 0 atom stereocenters. The highest BCUT2D eigenvalue weighted by Gasteiger charge is 2.10. The summed E-state index contributed by atoms with van der Waals surface area (Å²) < 4.78 is 5.98. The Morgan fingerprint density at radius 1 is 1.06 bits per heavy atom. The van der Waals surface area contributed by atoms with Gasteiger partial charge in [0.25, 0.3) is 0 Å². The van der Waals surface area contributed by atoms with Crippen molar-refractivity contribution in [1.82, 2.24) is 0 Å². The summed E-state index contributed by atoms with van der Waals surface area (Å²) in [6, 6.07) is 14.4. The Balaban J connectivity index is 2.41. The highest BCUT2D eigenvalue weighted by molar-refractivity contribution is 6.07. The first-order chi connectivity index (χ1) is 8.81. The molecule has 0 aliphatic carbocycles. The fourth-order valence-electron chi connectivity index (χ4n) is 2.32. The van der Waals surface area contributed by atoms with Crippen LogP contribution in [0.2, 0.25) is 0 Å². The van der Waals surface area contributed by atoms with Gasteiger partial charge in [-0.25, -0.2) is 0 Å². The van der Waals surface area contributed by atoms with Gasteiger partial charge in [0.2, 0.25) is 0 Å². The molecule has 1 heterocycles. The van der Waals surface area contributed by atoms with Crippen LogP contribution in [0.3, 0.4) is 0 Å². The zero-order valence-electron chi connectivity index (χ0n) is 10.3. The molecule has 0 unspecified atom stereocenters. The van der Waals surface area contributed by atoms with Gasteiger partial charge >= 0.3 is 0 Å². The number of benzene rings is 2. The van der Waals surface area contributed by atoms with E-state index in [1.165, 1.54) is 10.8 Å². The van der Waals surface area contributed by atoms with Crippen LogP contribution in [-0.2, 0) is 0 Å². The molecule has 3 aromatic rings. The van der Waals surface area contributed by atoms with E-state index in [4.69, 9.17) is 4.42 Å². The largest absolute Gasteiger partial charge is 0.455 e. The average molecular weight is 234 g/mol. The van der Waals surface area contributed by atoms with Crippen molar-refractivity contribution < 1.29 is 4.42 Å². The van der Waals surface area contributed by atoms with E-state index in [1.54, 1.807) is 6.08 Å². The van der Waals surface area contributed by atoms with E-state index in [0.29, 0.717) is 0 Å². The molecule has 0 N–H and O–H groups in total. The summed E-state index contributed by atoms with van der Waals surface area (Å²) >= 11 is 0. The second-order valence-electron chi connectivity index (χ2n) is 4.37. The van der Waals surface area contributed by atoms with Gasteiger partial charge in [0, 0.05) is 16.3 Å². The summed E-state index contributed by atoms with van der Waals surface area (Å²) in [6.45, 7) is 5.82. The van der Waals surface area contributed by atoms with E-state index in [0.717, 1.165) is 22.3 Å². The van der Waals surface area contributed by atoms with Gasteiger partial charge in [-0.15, -0.1) is 0 Å². The van der Waals surface area contributed by atoms with E-state index in [9.17, 15) is 0 Å². The SMILES string of the molecule is C=CC=C(C)c1cccc2c1oc1ccccc12. The standard InChI is InChI=1S/C17H14O/c1-3-7-12(2)13-9-6-10-15-14-8-4-5-11-16(14)18-17(13)15/h3-11H,1H2,2H3. The zero-order valence-corrected chi connectivity index (χ0v) is 10.3. The van der Waals surface area contributed by atoms with Crippen LogP contribution < -0.4 is 0 Å². The summed E-state index contributed by atoms with van der Waals surface area (Å²) in [6.07, 6.45) is 3.80. The molecular weight excluding hydrogens is 220 g/mol. The van der Waals surface area contributed by atoms with Gasteiger partial charge in [-0.2, -0.15) is 0 Å². The van der Waals surface area contributed by atoms with Gasteiger partial charge < -0.3 is 4.42 Å². The van der Waals surface area contributed by atoms with Crippen LogP contribution in [0, 0.1) is 0 Å². The summed E-state index contributed by atoms with van der Waals surface area (Å²) in [7, 11) is 0. The van der Waals surface area contributed by atoms with Crippen molar-refractivity contribution in [2.24, 2.45) is 0 Å². The van der Waals surface area contributed by atoms with Crippen LogP contribution in [-0.4, -0.2) is 0 Å². The average Bonchev–Trinajstić information content (AvgIpc) is 2.77. The molecule has 2 aromatic carbocycles. The van der Waals surface area contributed by atoms with Crippen molar-refractivity contribution in [3.05, 3.63) is 66.8 Å². The lowest BCUT2D eigenvalue weighted by atomic mass is 10.0. The maximum absolute atomic E-state index is 5.98. The monoisotopic (exact) mass is 234 g/mol. The number of para-hydroxylation sites is 2. The molecular formula is C17H14O. The highest BCUT2D eigenvalue weighted by atomic mass is 16.3. The van der Waals surface area contributed by atoms with Gasteiger partial charge in [0.1, 0.15) is 11.2 Å². The van der Waals surface area contributed by atoms with Crippen molar-refractivity contribution >= 4 is 27.5 Å². The van der Waals surface area contributed by atoms with Gasteiger partial charge in [0.05, 0.1) is 0 Å². The Bertz CT molecular complexity index is 759. The van der Waals surface area contributed by atoms with Gasteiger partial charge in [-0.3, -0.25) is 0 Å². The smallest absolute Gasteiger partial charge is 0.142 e. The minimum atomic E-state index is 0.936. The van der Waals surface area contributed by atoms with Crippen molar-refractivity contribution in [2.45, 2.75) is 6.92 Å². The molecule has 0 spiro atoms. The van der Waals surface area contributed by atoms with Crippen LogP contribution in [0.5, 0.6) is 0 Å². The third-order valence-electron chi connectivity index (χ3n) is 3.20. The topological polar surface area (TPSA) is 13.1 Å². The fraction of sp³-hybridized carbons (Fsp3) is 0.0588. The predicted octanol–water partition coefficient (Wildman–Crippen LogP) is 5.18. The second-order valence-corrected chi connectivity index (χ2v) is 4.37. The molecule has 88 valence electrons. The van der Waals surface area contributed by atoms with E-state index < -0.39 is 0 Å². The van der Waals surface area contributed by atoms with Gasteiger partial charge in [-0.1, -0.05) is 55.1 Å². The third kappa shape index (κ3) is 1.56. The Kier molecular flexibility index (Phi) is 2.52. The molecule has 0 amide bonds. The molecule has 0 fully saturated rings. The lowest BCUT2D eigenvalue weighted by Gasteiger charge is -2.01. The molecule has 1 nitrogen and oxygen atoms in total. The Morgan fingerprint density at radius 3 is 2.67 bits per heavy atom. The molecule has 0 bridgehead atoms. The number of hydrogen-bond acceptors (Lipinski definition) is 1. The first-order valence-corrected chi connectivity index (χ1v) is 6.01. The Labute approximate surface area is 106 Å². The van der Waals surface area contributed by atoms with Crippen molar-refractivity contribution in [1.29, 1.82) is 0 Å². The van der Waals surface area contributed by atoms with Crippen LogP contribution >= 0.6 is 0 Å². The lowest BCUT2D eigenvalue weighted by Crippen LogP contribution is -1.79. The molecule has 0 aliphatic rings. The molecule has 1 heteroatoms. The van der Waals surface area contributed by atoms with Gasteiger partial charge in [-0.05, 0) is 18.6 Å². The summed E-state index contributed by atoms with van der Waals surface area (Å²) in [5.41, 5.74) is 4.18. The van der Waals surface area contributed by atoms with Gasteiger partial charge in [0.15, 0.2) is 0 Å². The van der Waals surface area contributed by atoms with E-state index in [2.05, 4.69) is 37.8 Å². The summed E-state index contributed by atoms with van der Waals surface area (Å²) in [5, 5.41) is 2.33. The first-order valence-electron chi connectivity index (χ1n) is 6.01. The van der Waals surface area contributed by atoms with Crippen LogP contribution in [0.4, 0.5) is 0 Å². The lowest BCUT2D eigenvalue weighted by molar-refractivity contribution is 0.667.